The van der Waals surface area contributed by atoms with Gasteiger partial charge in [0.05, 0.1) is 0 Å². The molecule has 0 heterocycles. The van der Waals surface area contributed by atoms with Crippen LogP contribution in [-0.2, 0) is 12.0 Å². The van der Waals surface area contributed by atoms with E-state index in [9.17, 15) is 8.78 Å². The zero-order valence-electron chi connectivity index (χ0n) is 12.1. The van der Waals surface area contributed by atoms with E-state index in [1.807, 2.05) is 18.2 Å². The van der Waals surface area contributed by atoms with Crippen molar-refractivity contribution in [3.63, 3.8) is 0 Å². The maximum Gasteiger partial charge on any atom is 0.129 e. The summed E-state index contributed by atoms with van der Waals surface area (Å²) >= 11 is 0. The number of hydrogen-bond donors (Lipinski definition) is 1. The number of benzene rings is 2. The Morgan fingerprint density at radius 2 is 1.76 bits per heavy atom. The molecule has 110 valence electrons. The van der Waals surface area contributed by atoms with Crippen LogP contribution in [-0.4, -0.2) is 0 Å². The normalized spacial score (nSPS) is 24.7. The minimum Gasteiger partial charge on any atom is -0.321 e. The van der Waals surface area contributed by atoms with E-state index in [1.54, 1.807) is 0 Å². The topological polar surface area (TPSA) is 26.0 Å². The molecule has 0 radical (unpaired) electrons. The molecule has 3 rings (SSSR count). The molecule has 0 spiro atoms. The van der Waals surface area contributed by atoms with Crippen LogP contribution in [0.2, 0.25) is 0 Å². The second-order valence-corrected chi connectivity index (χ2v) is 6.06. The van der Waals surface area contributed by atoms with Crippen LogP contribution in [0.3, 0.4) is 0 Å². The zero-order chi connectivity index (χ0) is 15.0. The second kappa shape index (κ2) is 5.23. The highest BCUT2D eigenvalue weighted by molar-refractivity contribution is 5.40. The molecule has 0 fully saturated rings. The van der Waals surface area contributed by atoms with E-state index in [1.165, 1.54) is 23.8 Å². The lowest BCUT2D eigenvalue weighted by Crippen LogP contribution is -2.43. The predicted molar refractivity (Wildman–Crippen MR) is 80.0 cm³/mol. The van der Waals surface area contributed by atoms with Crippen LogP contribution in [0.5, 0.6) is 0 Å². The van der Waals surface area contributed by atoms with Crippen molar-refractivity contribution in [3.05, 3.63) is 70.8 Å². The van der Waals surface area contributed by atoms with E-state index in [4.69, 9.17) is 5.73 Å². The molecule has 2 atom stereocenters. The van der Waals surface area contributed by atoms with Crippen LogP contribution in [0.4, 0.5) is 8.78 Å². The van der Waals surface area contributed by atoms with Crippen LogP contribution in [0.15, 0.2) is 42.5 Å². The van der Waals surface area contributed by atoms with Gasteiger partial charge < -0.3 is 5.73 Å². The van der Waals surface area contributed by atoms with Crippen LogP contribution < -0.4 is 5.73 Å². The molecule has 0 bridgehead atoms. The van der Waals surface area contributed by atoms with Crippen LogP contribution >= 0.6 is 0 Å². The lowest BCUT2D eigenvalue weighted by Gasteiger charge is -2.38. The molecule has 2 unspecified atom stereocenters. The average Bonchev–Trinajstić information content (AvgIpc) is 2.48. The fourth-order valence-electron chi connectivity index (χ4n) is 3.34. The first-order valence-corrected chi connectivity index (χ1v) is 7.32. The summed E-state index contributed by atoms with van der Waals surface area (Å²) < 4.78 is 27.9. The Labute approximate surface area is 123 Å². The Hall–Kier alpha value is -1.74. The highest BCUT2D eigenvalue weighted by atomic mass is 19.1. The van der Waals surface area contributed by atoms with Crippen LogP contribution in [0.1, 0.15) is 42.4 Å². The summed E-state index contributed by atoms with van der Waals surface area (Å²) in [4.78, 5) is 0. The Balaban J connectivity index is 2.04. The van der Waals surface area contributed by atoms with Crippen molar-refractivity contribution >= 4 is 0 Å². The van der Waals surface area contributed by atoms with E-state index in [0.717, 1.165) is 18.4 Å². The van der Waals surface area contributed by atoms with Gasteiger partial charge in [0.15, 0.2) is 0 Å². The van der Waals surface area contributed by atoms with E-state index < -0.39 is 17.2 Å². The monoisotopic (exact) mass is 287 g/mol. The van der Waals surface area contributed by atoms with Crippen molar-refractivity contribution in [2.24, 2.45) is 5.73 Å². The molecule has 21 heavy (non-hydrogen) atoms. The maximum absolute atomic E-state index is 13.9. The third-order valence-corrected chi connectivity index (χ3v) is 4.61. The van der Waals surface area contributed by atoms with Gasteiger partial charge >= 0.3 is 0 Å². The highest BCUT2D eigenvalue weighted by Crippen LogP contribution is 2.41. The Morgan fingerprint density at radius 1 is 1.10 bits per heavy atom. The van der Waals surface area contributed by atoms with Crippen molar-refractivity contribution in [2.45, 2.75) is 37.6 Å². The minimum absolute atomic E-state index is 0.0874. The Bertz CT molecular complexity index is 648. The van der Waals surface area contributed by atoms with Crippen molar-refractivity contribution in [1.29, 1.82) is 0 Å². The van der Waals surface area contributed by atoms with Gasteiger partial charge in [-0.05, 0) is 42.0 Å². The first-order valence-electron chi connectivity index (χ1n) is 7.32. The fourth-order valence-corrected chi connectivity index (χ4v) is 3.34. The molecular formula is C18H19F2N. The van der Waals surface area contributed by atoms with Crippen molar-refractivity contribution < 1.29 is 8.78 Å². The number of nitrogens with two attached hydrogens (primary N) is 1. The Kier molecular flexibility index (Phi) is 3.54. The minimum atomic E-state index is -0.702. The molecule has 1 aliphatic rings. The largest absolute Gasteiger partial charge is 0.321 e. The summed E-state index contributed by atoms with van der Waals surface area (Å²) in [5.41, 5.74) is 8.17. The summed E-state index contributed by atoms with van der Waals surface area (Å²) in [5.74, 6) is -0.602. The smallest absolute Gasteiger partial charge is 0.129 e. The molecule has 0 amide bonds. The van der Waals surface area contributed by atoms with Gasteiger partial charge in [-0.25, -0.2) is 8.78 Å². The summed E-state index contributed by atoms with van der Waals surface area (Å²) in [7, 11) is 0. The van der Waals surface area contributed by atoms with E-state index in [-0.39, 0.29) is 12.0 Å². The SMILES string of the molecule is CC1CCC(N)(Cc2c(F)cccc2F)c2ccccc21. The highest BCUT2D eigenvalue weighted by Gasteiger charge is 2.36. The molecule has 3 heteroatoms. The molecule has 2 aromatic carbocycles. The quantitative estimate of drug-likeness (QED) is 0.877. The van der Waals surface area contributed by atoms with Crippen molar-refractivity contribution in [3.8, 4) is 0 Å². The summed E-state index contributed by atoms with van der Waals surface area (Å²) in [6.45, 7) is 2.17. The molecule has 2 N–H and O–H groups in total. The maximum atomic E-state index is 13.9. The standard InChI is InChI=1S/C18H19F2N/c1-12-9-10-18(21,15-6-3-2-5-13(12)15)11-14-16(19)7-4-8-17(14)20/h2-8,12H,9-11,21H2,1H3. The fraction of sp³-hybridized carbons (Fsp3) is 0.333. The third-order valence-electron chi connectivity index (χ3n) is 4.61. The van der Waals surface area contributed by atoms with Crippen molar-refractivity contribution in [2.75, 3.05) is 0 Å². The van der Waals surface area contributed by atoms with Crippen LogP contribution in [0.25, 0.3) is 0 Å². The number of rotatable bonds is 2. The second-order valence-electron chi connectivity index (χ2n) is 6.06. The van der Waals surface area contributed by atoms with Gasteiger partial charge in [-0.15, -0.1) is 0 Å². The molecule has 1 nitrogen and oxygen atoms in total. The number of fused-ring (bicyclic) bond motifs is 1. The summed E-state index contributed by atoms with van der Waals surface area (Å²) in [6, 6.07) is 12.0. The molecule has 1 aliphatic carbocycles. The van der Waals surface area contributed by atoms with Gasteiger partial charge in [-0.3, -0.25) is 0 Å². The molecule has 0 saturated carbocycles. The van der Waals surface area contributed by atoms with E-state index >= 15 is 0 Å². The molecule has 0 aromatic heterocycles. The number of halogens is 2. The molecule has 0 saturated heterocycles. The van der Waals surface area contributed by atoms with Gasteiger partial charge in [0.1, 0.15) is 11.6 Å². The van der Waals surface area contributed by atoms with Crippen LogP contribution in [0, 0.1) is 11.6 Å². The van der Waals surface area contributed by atoms with E-state index in [0.29, 0.717) is 5.92 Å². The van der Waals surface area contributed by atoms with Gasteiger partial charge in [0, 0.05) is 17.5 Å². The third kappa shape index (κ3) is 2.46. The van der Waals surface area contributed by atoms with Gasteiger partial charge in [-0.1, -0.05) is 37.3 Å². The first-order chi connectivity index (χ1) is 10.0. The Morgan fingerprint density at radius 3 is 2.48 bits per heavy atom. The molecular weight excluding hydrogens is 268 g/mol. The van der Waals surface area contributed by atoms with Gasteiger partial charge in [0.25, 0.3) is 0 Å². The zero-order valence-corrected chi connectivity index (χ0v) is 12.1. The lowest BCUT2D eigenvalue weighted by molar-refractivity contribution is 0.339. The predicted octanol–water partition coefficient (Wildman–Crippen LogP) is 4.26. The first kappa shape index (κ1) is 14.2. The summed E-state index contributed by atoms with van der Waals surface area (Å²) in [5, 5.41) is 0. The van der Waals surface area contributed by atoms with Gasteiger partial charge in [-0.2, -0.15) is 0 Å². The molecule has 0 aliphatic heterocycles. The average molecular weight is 287 g/mol. The number of hydrogen-bond acceptors (Lipinski definition) is 1. The van der Waals surface area contributed by atoms with E-state index in [2.05, 4.69) is 13.0 Å². The van der Waals surface area contributed by atoms with Gasteiger partial charge in [0.2, 0.25) is 0 Å². The summed E-state index contributed by atoms with van der Waals surface area (Å²) in [6.07, 6.45) is 1.86. The molecule has 2 aromatic rings. The van der Waals surface area contributed by atoms with Crippen molar-refractivity contribution in [1.82, 2.24) is 0 Å². The lowest BCUT2D eigenvalue weighted by atomic mass is 9.70.